The van der Waals surface area contributed by atoms with E-state index in [4.69, 9.17) is 0 Å². The summed E-state index contributed by atoms with van der Waals surface area (Å²) in [5, 5.41) is 0. The van der Waals surface area contributed by atoms with E-state index in [0.717, 1.165) is 23.1 Å². The van der Waals surface area contributed by atoms with E-state index in [1.165, 1.54) is 0 Å². The molecule has 6 nitrogen and oxygen atoms in total. The maximum Gasteiger partial charge on any atom is 0.238 e. The summed E-state index contributed by atoms with van der Waals surface area (Å²) in [5.74, 6) is -4.48. The van der Waals surface area contributed by atoms with Gasteiger partial charge in [-0.25, -0.2) is 17.2 Å². The van der Waals surface area contributed by atoms with E-state index in [9.17, 15) is 26.8 Å². The van der Waals surface area contributed by atoms with Crippen molar-refractivity contribution < 1.29 is 26.8 Å². The largest absolute Gasteiger partial charge is 0.309 e. The standard InChI is InChI=1S/C14H14F2N2O4S/c1-2-5-23(21,22)17-14(20)9-6-13(19)18(8-9)12-4-3-10(15)7-11(12)16/h2-4,7,9H,1,5-6,8H2,(H,17,20)/t9-/m1/s1. The maximum absolute atomic E-state index is 13.7. The molecule has 0 radical (unpaired) electrons. The number of anilines is 1. The first-order chi connectivity index (χ1) is 10.7. The zero-order chi connectivity index (χ0) is 17.2. The molecule has 0 unspecified atom stereocenters. The number of sulfonamides is 1. The molecule has 0 bridgehead atoms. The third-order valence-electron chi connectivity index (χ3n) is 3.29. The number of halogens is 2. The number of carbonyl (C=O) groups excluding carboxylic acids is 2. The van der Waals surface area contributed by atoms with Gasteiger partial charge in [-0.2, -0.15) is 0 Å². The molecule has 0 spiro atoms. The van der Waals surface area contributed by atoms with Gasteiger partial charge in [-0.3, -0.25) is 14.3 Å². The van der Waals surface area contributed by atoms with Gasteiger partial charge in [0.25, 0.3) is 0 Å². The van der Waals surface area contributed by atoms with Crippen LogP contribution in [0.3, 0.4) is 0 Å². The minimum Gasteiger partial charge on any atom is -0.309 e. The molecule has 124 valence electrons. The smallest absolute Gasteiger partial charge is 0.238 e. The highest BCUT2D eigenvalue weighted by Gasteiger charge is 2.37. The molecule has 1 fully saturated rings. The van der Waals surface area contributed by atoms with Gasteiger partial charge in [-0.05, 0) is 12.1 Å². The van der Waals surface area contributed by atoms with Gasteiger partial charge in [-0.15, -0.1) is 6.58 Å². The monoisotopic (exact) mass is 344 g/mol. The van der Waals surface area contributed by atoms with Crippen LogP contribution in [-0.2, 0) is 19.6 Å². The summed E-state index contributed by atoms with van der Waals surface area (Å²) in [5.41, 5.74) is -0.152. The first-order valence-corrected chi connectivity index (χ1v) is 8.29. The molecule has 0 saturated carbocycles. The predicted octanol–water partition coefficient (Wildman–Crippen LogP) is 0.950. The van der Waals surface area contributed by atoms with E-state index in [1.807, 2.05) is 4.72 Å². The zero-order valence-electron chi connectivity index (χ0n) is 12.0. The Balaban J connectivity index is 2.13. The van der Waals surface area contributed by atoms with E-state index in [1.54, 1.807) is 0 Å². The molecule has 1 N–H and O–H groups in total. The topological polar surface area (TPSA) is 83.5 Å². The van der Waals surface area contributed by atoms with E-state index >= 15 is 0 Å². The second-order valence-electron chi connectivity index (χ2n) is 5.04. The summed E-state index contributed by atoms with van der Waals surface area (Å²) in [6.45, 7) is 3.08. The van der Waals surface area contributed by atoms with Crippen LogP contribution in [0.1, 0.15) is 6.42 Å². The lowest BCUT2D eigenvalue weighted by molar-refractivity contribution is -0.124. The van der Waals surface area contributed by atoms with Crippen LogP contribution < -0.4 is 9.62 Å². The van der Waals surface area contributed by atoms with E-state index in [2.05, 4.69) is 6.58 Å². The first-order valence-electron chi connectivity index (χ1n) is 6.64. The number of carbonyl (C=O) groups is 2. The van der Waals surface area contributed by atoms with Crippen LogP contribution >= 0.6 is 0 Å². The Hall–Kier alpha value is -2.29. The van der Waals surface area contributed by atoms with Crippen LogP contribution in [0.2, 0.25) is 0 Å². The molecule has 1 aliphatic rings. The zero-order valence-corrected chi connectivity index (χ0v) is 12.8. The van der Waals surface area contributed by atoms with E-state index < -0.39 is 45.1 Å². The molecular weight excluding hydrogens is 330 g/mol. The van der Waals surface area contributed by atoms with E-state index in [0.29, 0.717) is 6.07 Å². The number of nitrogens with one attached hydrogen (secondary N) is 1. The van der Waals surface area contributed by atoms with Gasteiger partial charge < -0.3 is 4.90 Å². The number of hydrogen-bond donors (Lipinski definition) is 1. The lowest BCUT2D eigenvalue weighted by atomic mass is 10.1. The number of nitrogens with zero attached hydrogens (tertiary/aromatic N) is 1. The average molecular weight is 344 g/mol. The molecule has 23 heavy (non-hydrogen) atoms. The second kappa shape index (κ2) is 6.45. The van der Waals surface area contributed by atoms with Crippen molar-refractivity contribution in [1.82, 2.24) is 4.72 Å². The molecular formula is C14H14F2N2O4S. The Morgan fingerprint density at radius 1 is 1.43 bits per heavy atom. The molecule has 1 saturated heterocycles. The Morgan fingerprint density at radius 2 is 2.13 bits per heavy atom. The van der Waals surface area contributed by atoms with Crippen molar-refractivity contribution in [2.75, 3.05) is 17.2 Å². The molecule has 1 aromatic carbocycles. The third kappa shape index (κ3) is 3.92. The van der Waals surface area contributed by atoms with Crippen LogP contribution in [0.15, 0.2) is 30.9 Å². The second-order valence-corrected chi connectivity index (χ2v) is 6.80. The first kappa shape index (κ1) is 17.1. The SMILES string of the molecule is C=CCS(=O)(=O)NC(=O)[C@@H]1CC(=O)N(c2ccc(F)cc2F)C1. The van der Waals surface area contributed by atoms with Crippen molar-refractivity contribution in [3.8, 4) is 0 Å². The number of amides is 2. The summed E-state index contributed by atoms with van der Waals surface area (Å²) < 4.78 is 51.5. The fraction of sp³-hybridized carbons (Fsp3) is 0.286. The van der Waals surface area contributed by atoms with Gasteiger partial charge in [-0.1, -0.05) is 6.08 Å². The highest BCUT2D eigenvalue weighted by Crippen LogP contribution is 2.28. The van der Waals surface area contributed by atoms with Crippen molar-refractivity contribution in [1.29, 1.82) is 0 Å². The average Bonchev–Trinajstić information content (AvgIpc) is 2.80. The van der Waals surface area contributed by atoms with Crippen LogP contribution in [0.25, 0.3) is 0 Å². The van der Waals surface area contributed by atoms with Gasteiger partial charge in [0.2, 0.25) is 21.8 Å². The fourth-order valence-corrected chi connectivity index (χ4v) is 3.12. The molecule has 0 aliphatic carbocycles. The van der Waals surface area contributed by atoms with Crippen LogP contribution in [-0.4, -0.2) is 32.5 Å². The van der Waals surface area contributed by atoms with Crippen LogP contribution in [0.5, 0.6) is 0 Å². The molecule has 1 atom stereocenters. The summed E-state index contributed by atoms with van der Waals surface area (Å²) in [6.07, 6.45) is 0.863. The van der Waals surface area contributed by atoms with Gasteiger partial charge in [0.05, 0.1) is 17.4 Å². The normalized spacial score (nSPS) is 18.1. The molecule has 2 rings (SSSR count). The molecule has 1 aliphatic heterocycles. The minimum atomic E-state index is -3.85. The van der Waals surface area contributed by atoms with E-state index in [-0.39, 0.29) is 18.7 Å². The van der Waals surface area contributed by atoms with Gasteiger partial charge >= 0.3 is 0 Å². The van der Waals surface area contributed by atoms with Gasteiger partial charge in [0, 0.05) is 19.0 Å². The molecule has 9 heteroatoms. The number of hydrogen-bond acceptors (Lipinski definition) is 4. The lowest BCUT2D eigenvalue weighted by Gasteiger charge is -2.17. The third-order valence-corrected chi connectivity index (χ3v) is 4.48. The summed E-state index contributed by atoms with van der Waals surface area (Å²) >= 11 is 0. The molecule has 0 aromatic heterocycles. The molecule has 1 aromatic rings. The van der Waals surface area contributed by atoms with Crippen molar-refractivity contribution >= 4 is 27.5 Å². The van der Waals surface area contributed by atoms with Gasteiger partial charge in [0.1, 0.15) is 11.6 Å². The molecule has 2 amide bonds. The summed E-state index contributed by atoms with van der Waals surface area (Å²) in [4.78, 5) is 24.9. The highest BCUT2D eigenvalue weighted by atomic mass is 32.2. The van der Waals surface area contributed by atoms with Crippen molar-refractivity contribution in [3.63, 3.8) is 0 Å². The van der Waals surface area contributed by atoms with Crippen molar-refractivity contribution in [2.45, 2.75) is 6.42 Å². The van der Waals surface area contributed by atoms with Gasteiger partial charge in [0.15, 0.2) is 0 Å². The Bertz CT molecular complexity index is 764. The Labute approximate surface area is 131 Å². The Morgan fingerprint density at radius 3 is 2.74 bits per heavy atom. The minimum absolute atomic E-state index is 0.152. The predicted molar refractivity (Wildman–Crippen MR) is 78.9 cm³/mol. The van der Waals surface area contributed by atoms with Crippen LogP contribution in [0, 0.1) is 17.6 Å². The number of benzene rings is 1. The summed E-state index contributed by atoms with van der Waals surface area (Å²) in [7, 11) is -3.85. The Kier molecular flexibility index (Phi) is 4.79. The van der Waals surface area contributed by atoms with Crippen molar-refractivity contribution in [2.24, 2.45) is 5.92 Å². The lowest BCUT2D eigenvalue weighted by Crippen LogP contribution is -2.38. The quantitative estimate of drug-likeness (QED) is 0.806. The fourth-order valence-electron chi connectivity index (χ4n) is 2.25. The molecule has 1 heterocycles. The number of rotatable bonds is 5. The van der Waals surface area contributed by atoms with Crippen LogP contribution in [0.4, 0.5) is 14.5 Å². The van der Waals surface area contributed by atoms with Crippen molar-refractivity contribution in [3.05, 3.63) is 42.5 Å². The summed E-state index contributed by atoms with van der Waals surface area (Å²) in [6, 6.07) is 2.72. The highest BCUT2D eigenvalue weighted by molar-refractivity contribution is 7.90. The maximum atomic E-state index is 13.7.